The lowest BCUT2D eigenvalue weighted by Crippen LogP contribution is -2.38. The van der Waals surface area contributed by atoms with Crippen molar-refractivity contribution < 1.29 is 17.9 Å². The molecule has 1 aliphatic carbocycles. The molecule has 0 aromatic heterocycles. The zero-order valence-electron chi connectivity index (χ0n) is 22.6. The van der Waals surface area contributed by atoms with E-state index in [0.29, 0.717) is 24.0 Å². The summed E-state index contributed by atoms with van der Waals surface area (Å²) >= 11 is 0. The lowest BCUT2D eigenvalue weighted by atomic mass is 9.92. The molecule has 37 heavy (non-hydrogen) atoms. The molecule has 206 valence electrons. The molecule has 0 amide bonds. The summed E-state index contributed by atoms with van der Waals surface area (Å²) in [7, 11) is 1.82. The van der Waals surface area contributed by atoms with Crippen molar-refractivity contribution in [2.45, 2.75) is 82.5 Å². The lowest BCUT2D eigenvalue weighted by molar-refractivity contribution is -0.137. The SMILES string of the molecule is C=C(C1CCN(C2CCC(OC)CC2)C1)N1CCC(c2ccc(C(F)(F)F)cc2N2CCC(C)CC2)C1. The quantitative estimate of drug-likeness (QED) is 0.426. The molecule has 0 bridgehead atoms. The van der Waals surface area contributed by atoms with Gasteiger partial charge in [0, 0.05) is 69.1 Å². The molecule has 4 aliphatic rings. The summed E-state index contributed by atoms with van der Waals surface area (Å²) in [5.41, 5.74) is 2.59. The van der Waals surface area contributed by atoms with Gasteiger partial charge in [0.15, 0.2) is 0 Å². The van der Waals surface area contributed by atoms with E-state index in [0.717, 1.165) is 89.0 Å². The zero-order valence-corrected chi connectivity index (χ0v) is 22.6. The highest BCUT2D eigenvalue weighted by atomic mass is 19.4. The third-order valence-electron chi connectivity index (χ3n) is 9.70. The Morgan fingerprint density at radius 2 is 1.65 bits per heavy atom. The van der Waals surface area contributed by atoms with E-state index in [2.05, 4.69) is 28.2 Å². The first kappa shape index (κ1) is 26.9. The largest absolute Gasteiger partial charge is 0.416 e. The highest BCUT2D eigenvalue weighted by molar-refractivity contribution is 5.58. The number of hydrogen-bond donors (Lipinski definition) is 0. The van der Waals surface area contributed by atoms with E-state index in [1.807, 2.05) is 7.11 Å². The first-order chi connectivity index (χ1) is 17.7. The summed E-state index contributed by atoms with van der Waals surface area (Å²) in [6.45, 7) is 12.5. The topological polar surface area (TPSA) is 19.0 Å². The van der Waals surface area contributed by atoms with Crippen LogP contribution in [0.2, 0.25) is 0 Å². The molecule has 4 nitrogen and oxygen atoms in total. The standard InChI is InChI=1S/C30H44F3N3O/c1-21-10-14-34(15-11-21)29-18-25(30(31,32)33)4-9-28(29)24-13-16-35(20-24)22(2)23-12-17-36(19-23)26-5-7-27(37-3)8-6-26/h4,9,18,21,23-24,26-27H,2,5-8,10-17,19-20H2,1,3H3. The normalized spacial score (nSPS) is 30.3. The van der Waals surface area contributed by atoms with Crippen LogP contribution in [-0.2, 0) is 10.9 Å². The van der Waals surface area contributed by atoms with Crippen LogP contribution in [0.25, 0.3) is 0 Å². The van der Waals surface area contributed by atoms with E-state index < -0.39 is 11.7 Å². The number of alkyl halides is 3. The minimum absolute atomic E-state index is 0.246. The maximum Gasteiger partial charge on any atom is 0.416 e. The summed E-state index contributed by atoms with van der Waals surface area (Å²) in [4.78, 5) is 7.30. The Morgan fingerprint density at radius 1 is 0.919 bits per heavy atom. The van der Waals surface area contributed by atoms with Gasteiger partial charge in [0.2, 0.25) is 0 Å². The number of halogens is 3. The first-order valence-corrected chi connectivity index (χ1v) is 14.4. The van der Waals surface area contributed by atoms with Crippen LogP contribution in [0.1, 0.15) is 75.3 Å². The molecule has 7 heteroatoms. The van der Waals surface area contributed by atoms with Gasteiger partial charge in [-0.2, -0.15) is 13.2 Å². The van der Waals surface area contributed by atoms with Gasteiger partial charge in [0.25, 0.3) is 0 Å². The number of hydrogen-bond acceptors (Lipinski definition) is 4. The summed E-state index contributed by atoms with van der Waals surface area (Å²) in [5.74, 6) is 1.36. The molecule has 0 N–H and O–H groups in total. The fraction of sp³-hybridized carbons (Fsp3) is 0.733. The minimum atomic E-state index is -4.32. The van der Waals surface area contributed by atoms with Crippen LogP contribution in [0.4, 0.5) is 18.9 Å². The van der Waals surface area contributed by atoms with Crippen LogP contribution >= 0.6 is 0 Å². The number of methoxy groups -OCH3 is 1. The zero-order chi connectivity index (χ0) is 26.2. The van der Waals surface area contributed by atoms with Crippen molar-refractivity contribution in [1.29, 1.82) is 0 Å². The summed E-state index contributed by atoms with van der Waals surface area (Å²) in [6.07, 6.45) is 5.05. The molecule has 1 saturated carbocycles. The van der Waals surface area contributed by atoms with Crippen LogP contribution < -0.4 is 4.90 Å². The molecule has 0 spiro atoms. The Labute approximate surface area is 220 Å². The summed E-state index contributed by atoms with van der Waals surface area (Å²) in [6, 6.07) is 5.13. The lowest BCUT2D eigenvalue weighted by Gasteiger charge is -2.35. The average Bonchev–Trinajstić information content (AvgIpc) is 3.59. The molecule has 0 radical (unpaired) electrons. The highest BCUT2D eigenvalue weighted by Gasteiger charge is 2.37. The number of ether oxygens (including phenoxy) is 1. The van der Waals surface area contributed by atoms with Gasteiger partial charge in [-0.15, -0.1) is 0 Å². The minimum Gasteiger partial charge on any atom is -0.381 e. The van der Waals surface area contributed by atoms with Crippen molar-refractivity contribution in [1.82, 2.24) is 9.80 Å². The summed E-state index contributed by atoms with van der Waals surface area (Å²) in [5, 5.41) is 0. The van der Waals surface area contributed by atoms with Gasteiger partial charge in [-0.25, -0.2) is 0 Å². The number of anilines is 1. The third-order valence-corrected chi connectivity index (χ3v) is 9.70. The fourth-order valence-corrected chi connectivity index (χ4v) is 7.16. The van der Waals surface area contributed by atoms with E-state index in [-0.39, 0.29) is 5.92 Å². The van der Waals surface area contributed by atoms with E-state index in [4.69, 9.17) is 4.74 Å². The Hall–Kier alpha value is -1.73. The van der Waals surface area contributed by atoms with Gasteiger partial charge in [-0.3, -0.25) is 4.90 Å². The van der Waals surface area contributed by atoms with Crippen molar-refractivity contribution in [3.05, 3.63) is 41.6 Å². The second-order valence-electron chi connectivity index (χ2n) is 12.0. The molecule has 2 atom stereocenters. The average molecular weight is 520 g/mol. The Morgan fingerprint density at radius 3 is 2.32 bits per heavy atom. The van der Waals surface area contributed by atoms with E-state index in [1.54, 1.807) is 6.07 Å². The van der Waals surface area contributed by atoms with Crippen LogP contribution in [0, 0.1) is 11.8 Å². The fourth-order valence-electron chi connectivity index (χ4n) is 7.16. The number of nitrogens with zero attached hydrogens (tertiary/aromatic N) is 3. The van der Waals surface area contributed by atoms with Gasteiger partial charge in [-0.05, 0) is 81.5 Å². The van der Waals surface area contributed by atoms with Crippen molar-refractivity contribution in [3.63, 3.8) is 0 Å². The molecule has 1 aromatic carbocycles. The van der Waals surface area contributed by atoms with Gasteiger partial charge in [0.05, 0.1) is 11.7 Å². The predicted molar refractivity (Wildman–Crippen MR) is 143 cm³/mol. The van der Waals surface area contributed by atoms with Crippen molar-refractivity contribution in [3.8, 4) is 0 Å². The molecule has 3 aliphatic heterocycles. The second kappa shape index (κ2) is 11.2. The monoisotopic (exact) mass is 519 g/mol. The number of piperidine rings is 1. The van der Waals surface area contributed by atoms with Crippen molar-refractivity contribution in [2.24, 2.45) is 11.8 Å². The molecule has 5 rings (SSSR count). The van der Waals surface area contributed by atoms with Crippen molar-refractivity contribution >= 4 is 5.69 Å². The van der Waals surface area contributed by atoms with Crippen LogP contribution in [0.15, 0.2) is 30.5 Å². The Bertz CT molecular complexity index is 934. The number of rotatable bonds is 6. The van der Waals surface area contributed by atoms with Gasteiger partial charge in [-0.1, -0.05) is 19.6 Å². The number of likely N-dealkylation sites (tertiary alicyclic amines) is 2. The molecule has 3 saturated heterocycles. The smallest absolute Gasteiger partial charge is 0.381 e. The molecule has 3 heterocycles. The molecule has 2 unspecified atom stereocenters. The van der Waals surface area contributed by atoms with E-state index in [1.165, 1.54) is 30.7 Å². The van der Waals surface area contributed by atoms with Crippen molar-refractivity contribution in [2.75, 3.05) is 51.3 Å². The van der Waals surface area contributed by atoms with E-state index in [9.17, 15) is 13.2 Å². The summed E-state index contributed by atoms with van der Waals surface area (Å²) < 4.78 is 46.4. The van der Waals surface area contributed by atoms with Crippen LogP contribution in [-0.4, -0.2) is 68.3 Å². The maximum atomic E-state index is 13.6. The van der Waals surface area contributed by atoms with Crippen LogP contribution in [0.5, 0.6) is 0 Å². The molecular weight excluding hydrogens is 475 g/mol. The molecular formula is C30H44F3N3O. The second-order valence-corrected chi connectivity index (χ2v) is 12.0. The third kappa shape index (κ3) is 5.98. The van der Waals surface area contributed by atoms with Gasteiger partial charge >= 0.3 is 6.18 Å². The van der Waals surface area contributed by atoms with Gasteiger partial charge < -0.3 is 14.5 Å². The maximum absolute atomic E-state index is 13.6. The van der Waals surface area contributed by atoms with Gasteiger partial charge in [0.1, 0.15) is 0 Å². The molecule has 1 aromatic rings. The number of benzene rings is 1. The first-order valence-electron chi connectivity index (χ1n) is 14.4. The predicted octanol–water partition coefficient (Wildman–Crippen LogP) is 6.52. The molecule has 4 fully saturated rings. The Balaban J connectivity index is 1.24. The van der Waals surface area contributed by atoms with Crippen LogP contribution in [0.3, 0.4) is 0 Å². The highest BCUT2D eigenvalue weighted by Crippen LogP contribution is 2.41. The Kier molecular flexibility index (Phi) is 8.11. The van der Waals surface area contributed by atoms with E-state index >= 15 is 0 Å².